The summed E-state index contributed by atoms with van der Waals surface area (Å²) in [5, 5.41) is 1.60. The van der Waals surface area contributed by atoms with Gasteiger partial charge < -0.3 is 4.90 Å². The van der Waals surface area contributed by atoms with Crippen molar-refractivity contribution in [3.63, 3.8) is 0 Å². The Labute approximate surface area is 123 Å². The van der Waals surface area contributed by atoms with Crippen molar-refractivity contribution in [2.24, 2.45) is 4.99 Å². The lowest BCUT2D eigenvalue weighted by Gasteiger charge is -2.26. The first-order valence-electron chi connectivity index (χ1n) is 6.55. The lowest BCUT2D eigenvalue weighted by molar-refractivity contribution is 0.792. The molecule has 0 fully saturated rings. The molecule has 0 saturated carbocycles. The first-order valence-corrected chi connectivity index (χ1v) is 7.31. The van der Waals surface area contributed by atoms with Gasteiger partial charge in [0.2, 0.25) is 0 Å². The van der Waals surface area contributed by atoms with E-state index in [1.165, 1.54) is 16.8 Å². The van der Waals surface area contributed by atoms with Gasteiger partial charge in [-0.15, -0.1) is 0 Å². The second kappa shape index (κ2) is 4.84. The van der Waals surface area contributed by atoms with Gasteiger partial charge >= 0.3 is 0 Å². The highest BCUT2D eigenvalue weighted by atomic mass is 35.5. The van der Waals surface area contributed by atoms with E-state index in [0.29, 0.717) is 0 Å². The van der Waals surface area contributed by atoms with Gasteiger partial charge in [0.05, 0.1) is 11.1 Å². The van der Waals surface area contributed by atoms with Crippen LogP contribution in [0.3, 0.4) is 0 Å². The molecule has 2 aliphatic heterocycles. The minimum absolute atomic E-state index is 0.276. The lowest BCUT2D eigenvalue weighted by atomic mass is 10.0. The van der Waals surface area contributed by atoms with Gasteiger partial charge in [-0.3, -0.25) is 4.99 Å². The van der Waals surface area contributed by atoms with Crippen LogP contribution in [0.1, 0.15) is 25.8 Å². The summed E-state index contributed by atoms with van der Waals surface area (Å²) in [4.78, 5) is 6.91. The molecule has 0 aliphatic carbocycles. The zero-order valence-electron chi connectivity index (χ0n) is 11.1. The average Bonchev–Trinajstić information content (AvgIpc) is 2.75. The van der Waals surface area contributed by atoms with E-state index >= 15 is 0 Å². The molecular weight excluding hydrogens is 279 g/mol. The number of hydrogen-bond acceptors (Lipinski definition) is 2. The van der Waals surface area contributed by atoms with E-state index in [1.807, 2.05) is 6.07 Å². The molecule has 0 aromatic heterocycles. The van der Waals surface area contributed by atoms with Gasteiger partial charge in [-0.1, -0.05) is 28.8 Å². The van der Waals surface area contributed by atoms with Gasteiger partial charge in [0.15, 0.2) is 0 Å². The Bertz CT molecular complexity index is 590. The molecule has 2 heterocycles. The van der Waals surface area contributed by atoms with Gasteiger partial charge in [0, 0.05) is 17.3 Å². The van der Waals surface area contributed by atoms with Crippen LogP contribution in [0.5, 0.6) is 0 Å². The molecule has 3 rings (SSSR count). The number of halogens is 2. The largest absolute Gasteiger partial charge is 0.323 e. The second-order valence-corrected chi connectivity index (χ2v) is 6.09. The molecule has 1 aromatic carbocycles. The smallest absolute Gasteiger partial charge is 0.147 e. The van der Waals surface area contributed by atoms with Crippen molar-refractivity contribution in [3.8, 4) is 0 Å². The van der Waals surface area contributed by atoms with Crippen LogP contribution in [0.15, 0.2) is 33.8 Å². The van der Waals surface area contributed by atoms with Crippen LogP contribution >= 0.6 is 23.2 Å². The highest BCUT2D eigenvalue weighted by molar-refractivity contribution is 6.46. The molecule has 4 heteroatoms. The summed E-state index contributed by atoms with van der Waals surface area (Å²) in [6, 6.07) is 6.35. The highest BCUT2D eigenvalue weighted by Gasteiger charge is 2.29. The first-order chi connectivity index (χ1) is 9.06. The summed E-state index contributed by atoms with van der Waals surface area (Å²) >= 11 is 12.6. The number of rotatable bonds is 0. The normalized spacial score (nSPS) is 22.6. The van der Waals surface area contributed by atoms with E-state index in [1.54, 1.807) is 0 Å². The van der Waals surface area contributed by atoms with Crippen LogP contribution in [-0.2, 0) is 6.42 Å². The summed E-state index contributed by atoms with van der Waals surface area (Å²) in [7, 11) is 0. The Kier molecular flexibility index (Phi) is 3.32. The highest BCUT2D eigenvalue weighted by Crippen LogP contribution is 2.34. The molecule has 2 nitrogen and oxygen atoms in total. The van der Waals surface area contributed by atoms with Gasteiger partial charge in [0.1, 0.15) is 5.84 Å². The number of allylic oxidation sites excluding steroid dienone is 1. The fraction of sp³-hybridized carbons (Fsp3) is 0.400. The van der Waals surface area contributed by atoms with E-state index in [9.17, 15) is 0 Å². The molecule has 0 bridgehead atoms. The number of hydrogen-bond donors (Lipinski definition) is 0. The summed E-state index contributed by atoms with van der Waals surface area (Å²) in [6.07, 6.45) is 1.92. The van der Waals surface area contributed by atoms with E-state index in [2.05, 4.69) is 35.9 Å². The second-order valence-electron chi connectivity index (χ2n) is 5.28. The molecule has 19 heavy (non-hydrogen) atoms. The third kappa shape index (κ3) is 2.28. The number of nitrogens with zero attached hydrogens (tertiary/aromatic N) is 2. The van der Waals surface area contributed by atoms with Crippen molar-refractivity contribution in [3.05, 3.63) is 39.4 Å². The molecule has 2 aliphatic rings. The number of aryl methyl sites for hydroxylation is 1. The summed E-state index contributed by atoms with van der Waals surface area (Å²) < 4.78 is 0. The van der Waals surface area contributed by atoms with E-state index in [-0.39, 0.29) is 6.04 Å². The van der Waals surface area contributed by atoms with Crippen LogP contribution in [-0.4, -0.2) is 18.4 Å². The summed E-state index contributed by atoms with van der Waals surface area (Å²) in [6.45, 7) is 5.09. The molecule has 1 atom stereocenters. The molecule has 0 radical (unpaired) electrons. The van der Waals surface area contributed by atoms with E-state index < -0.39 is 0 Å². The fourth-order valence-electron chi connectivity index (χ4n) is 2.70. The molecule has 0 saturated heterocycles. The monoisotopic (exact) mass is 294 g/mol. The van der Waals surface area contributed by atoms with Crippen LogP contribution in [0, 0.1) is 0 Å². The summed E-state index contributed by atoms with van der Waals surface area (Å²) in [5.41, 5.74) is 3.67. The van der Waals surface area contributed by atoms with Crippen molar-refractivity contribution in [1.82, 2.24) is 0 Å². The Morgan fingerprint density at radius 3 is 2.84 bits per heavy atom. The Morgan fingerprint density at radius 1 is 1.26 bits per heavy atom. The predicted octanol–water partition coefficient (Wildman–Crippen LogP) is 4.41. The van der Waals surface area contributed by atoms with E-state index in [4.69, 9.17) is 23.2 Å². The third-order valence-corrected chi connectivity index (χ3v) is 4.44. The average molecular weight is 295 g/mol. The van der Waals surface area contributed by atoms with Crippen LogP contribution in [0.2, 0.25) is 5.02 Å². The molecule has 0 N–H and O–H groups in total. The number of anilines is 1. The van der Waals surface area contributed by atoms with Crippen LogP contribution in [0.4, 0.5) is 5.69 Å². The fourth-order valence-corrected chi connectivity index (χ4v) is 3.14. The number of fused-ring (bicyclic) bond motifs is 3. The zero-order chi connectivity index (χ0) is 13.6. The zero-order valence-corrected chi connectivity index (χ0v) is 12.6. The molecule has 1 unspecified atom stereocenters. The standard InChI is InChI=1S/C15H16Cl2N2/c1-9-3-4-11-7-12(16)5-6-13(11)19-8-10(2)18-15(19)14(9)17/h5-7,10H,3-4,8H2,1-2H3. The quantitative estimate of drug-likeness (QED) is 0.692. The van der Waals surface area contributed by atoms with Crippen molar-refractivity contribution in [2.75, 3.05) is 11.4 Å². The minimum Gasteiger partial charge on any atom is -0.323 e. The lowest BCUT2D eigenvalue weighted by Crippen LogP contribution is -2.31. The number of amidine groups is 1. The number of aliphatic imine (C=N–C) groups is 1. The van der Waals surface area contributed by atoms with Crippen molar-refractivity contribution in [1.29, 1.82) is 0 Å². The minimum atomic E-state index is 0.276. The summed E-state index contributed by atoms with van der Waals surface area (Å²) in [5.74, 6) is 0.912. The van der Waals surface area contributed by atoms with Gasteiger partial charge in [-0.25, -0.2) is 0 Å². The first kappa shape index (κ1) is 13.0. The molecule has 0 amide bonds. The maximum absolute atomic E-state index is 6.49. The van der Waals surface area contributed by atoms with Gasteiger partial charge in [-0.05, 0) is 50.5 Å². The van der Waals surface area contributed by atoms with Gasteiger partial charge in [-0.2, -0.15) is 0 Å². The van der Waals surface area contributed by atoms with Crippen molar-refractivity contribution in [2.45, 2.75) is 32.7 Å². The molecule has 0 spiro atoms. The maximum Gasteiger partial charge on any atom is 0.147 e. The Morgan fingerprint density at radius 2 is 2.05 bits per heavy atom. The predicted molar refractivity (Wildman–Crippen MR) is 82.6 cm³/mol. The topological polar surface area (TPSA) is 15.6 Å². The van der Waals surface area contributed by atoms with Crippen molar-refractivity contribution >= 4 is 34.7 Å². The van der Waals surface area contributed by atoms with Gasteiger partial charge in [0.25, 0.3) is 0 Å². The maximum atomic E-state index is 6.49. The molecule has 1 aromatic rings. The van der Waals surface area contributed by atoms with Crippen LogP contribution in [0.25, 0.3) is 0 Å². The Balaban J connectivity index is 2.15. The number of benzene rings is 1. The Hall–Kier alpha value is -0.990. The van der Waals surface area contributed by atoms with Crippen molar-refractivity contribution < 1.29 is 0 Å². The molecular formula is C15H16Cl2N2. The van der Waals surface area contributed by atoms with E-state index in [0.717, 1.165) is 35.3 Å². The third-order valence-electron chi connectivity index (χ3n) is 3.72. The molecule has 100 valence electrons. The van der Waals surface area contributed by atoms with Crippen LogP contribution < -0.4 is 4.90 Å². The SMILES string of the molecule is CC1=C(Cl)C2=NC(C)CN2c2ccc(Cl)cc2CC1.